The number of aromatic nitrogens is 2. The summed E-state index contributed by atoms with van der Waals surface area (Å²) in [5.74, 6) is -1.06. The summed E-state index contributed by atoms with van der Waals surface area (Å²) in [7, 11) is 1.63. The highest BCUT2D eigenvalue weighted by atomic mass is 16.4. The molecule has 0 fully saturated rings. The van der Waals surface area contributed by atoms with Crippen molar-refractivity contribution in [1.82, 2.24) is 9.78 Å². The number of carboxylic acid groups (broad SMARTS) is 1. The third-order valence-electron chi connectivity index (χ3n) is 1.53. The van der Waals surface area contributed by atoms with Crippen LogP contribution in [0.25, 0.3) is 6.08 Å². The molecule has 0 aromatic carbocycles. The Morgan fingerprint density at radius 1 is 1.69 bits per heavy atom. The van der Waals surface area contributed by atoms with Crippen molar-refractivity contribution in [1.29, 1.82) is 0 Å². The van der Waals surface area contributed by atoms with Crippen LogP contribution in [0.5, 0.6) is 0 Å². The van der Waals surface area contributed by atoms with E-state index in [-0.39, 0.29) is 0 Å². The number of aldehydes is 1. The summed E-state index contributed by atoms with van der Waals surface area (Å²) in [4.78, 5) is 20.7. The second-order valence-electron chi connectivity index (χ2n) is 2.40. The highest BCUT2D eigenvalue weighted by Crippen LogP contribution is 2.06. The van der Waals surface area contributed by atoms with Crippen molar-refractivity contribution in [2.75, 3.05) is 0 Å². The zero-order valence-electron chi connectivity index (χ0n) is 6.97. The van der Waals surface area contributed by atoms with Gasteiger partial charge in [0, 0.05) is 13.1 Å². The zero-order chi connectivity index (χ0) is 9.84. The Morgan fingerprint density at radius 2 is 2.38 bits per heavy atom. The summed E-state index contributed by atoms with van der Waals surface area (Å²) in [6, 6.07) is 0. The monoisotopic (exact) mass is 180 g/mol. The molecule has 0 saturated heterocycles. The van der Waals surface area contributed by atoms with E-state index in [2.05, 4.69) is 5.10 Å². The van der Waals surface area contributed by atoms with Crippen LogP contribution >= 0.6 is 0 Å². The van der Waals surface area contributed by atoms with Crippen LogP contribution in [-0.4, -0.2) is 27.1 Å². The van der Waals surface area contributed by atoms with E-state index in [1.807, 2.05) is 0 Å². The fourth-order valence-corrected chi connectivity index (χ4v) is 0.909. The number of hydrogen-bond acceptors (Lipinski definition) is 3. The SMILES string of the molecule is Cn1ncc(C=O)c1/C=C/C(=O)O. The Hall–Kier alpha value is -1.91. The van der Waals surface area contributed by atoms with E-state index in [4.69, 9.17) is 5.11 Å². The maximum atomic E-state index is 10.5. The van der Waals surface area contributed by atoms with Crippen LogP contribution in [0.15, 0.2) is 12.3 Å². The average Bonchev–Trinajstić information content (AvgIpc) is 2.43. The molecule has 0 amide bonds. The second kappa shape index (κ2) is 3.66. The third kappa shape index (κ3) is 2.02. The van der Waals surface area contributed by atoms with Gasteiger partial charge in [0.1, 0.15) is 0 Å². The molecule has 1 rings (SSSR count). The fourth-order valence-electron chi connectivity index (χ4n) is 0.909. The lowest BCUT2D eigenvalue weighted by atomic mass is 10.2. The van der Waals surface area contributed by atoms with E-state index < -0.39 is 5.97 Å². The van der Waals surface area contributed by atoms with Crippen LogP contribution in [0.2, 0.25) is 0 Å². The molecule has 1 aromatic heterocycles. The van der Waals surface area contributed by atoms with Gasteiger partial charge in [-0.05, 0) is 6.08 Å². The Morgan fingerprint density at radius 3 is 2.92 bits per heavy atom. The summed E-state index contributed by atoms with van der Waals surface area (Å²) < 4.78 is 1.43. The number of carbonyl (C=O) groups is 2. The topological polar surface area (TPSA) is 72.2 Å². The molecule has 1 heterocycles. The predicted octanol–water partition coefficient (Wildman–Crippen LogP) is 0.330. The minimum Gasteiger partial charge on any atom is -0.478 e. The number of aryl methyl sites for hydroxylation is 1. The number of hydrogen-bond donors (Lipinski definition) is 1. The summed E-state index contributed by atoms with van der Waals surface area (Å²) in [5, 5.41) is 12.2. The van der Waals surface area contributed by atoms with Crippen molar-refractivity contribution < 1.29 is 14.7 Å². The molecule has 0 aliphatic heterocycles. The Balaban J connectivity index is 3.04. The van der Waals surface area contributed by atoms with Gasteiger partial charge >= 0.3 is 5.97 Å². The standard InChI is InChI=1S/C8H8N2O3/c1-10-7(2-3-8(12)13)6(5-11)4-9-10/h2-5H,1H3,(H,12,13)/b3-2+. The average molecular weight is 180 g/mol. The Bertz CT molecular complexity index is 365. The molecule has 5 heteroatoms. The zero-order valence-corrected chi connectivity index (χ0v) is 6.97. The van der Waals surface area contributed by atoms with Crippen molar-refractivity contribution in [2.24, 2.45) is 7.05 Å². The molecule has 0 unspecified atom stereocenters. The van der Waals surface area contributed by atoms with Gasteiger partial charge < -0.3 is 5.11 Å². The van der Waals surface area contributed by atoms with Gasteiger partial charge in [0.25, 0.3) is 0 Å². The van der Waals surface area contributed by atoms with Gasteiger partial charge in [-0.3, -0.25) is 9.48 Å². The molecule has 0 radical (unpaired) electrons. The molecule has 1 N–H and O–H groups in total. The minimum absolute atomic E-state index is 0.375. The quantitative estimate of drug-likeness (QED) is 0.537. The highest BCUT2D eigenvalue weighted by molar-refractivity contribution is 5.88. The largest absolute Gasteiger partial charge is 0.478 e. The van der Waals surface area contributed by atoms with Crippen molar-refractivity contribution in [3.63, 3.8) is 0 Å². The van der Waals surface area contributed by atoms with Gasteiger partial charge in [0.05, 0.1) is 17.5 Å². The van der Waals surface area contributed by atoms with Crippen molar-refractivity contribution in [3.8, 4) is 0 Å². The third-order valence-corrected chi connectivity index (χ3v) is 1.53. The molecule has 0 atom stereocenters. The molecule has 0 bridgehead atoms. The molecule has 5 nitrogen and oxygen atoms in total. The van der Waals surface area contributed by atoms with Crippen molar-refractivity contribution >= 4 is 18.3 Å². The smallest absolute Gasteiger partial charge is 0.328 e. The first-order chi connectivity index (χ1) is 6.15. The van der Waals surface area contributed by atoms with E-state index in [0.717, 1.165) is 6.08 Å². The van der Waals surface area contributed by atoms with E-state index in [1.165, 1.54) is 17.0 Å². The van der Waals surface area contributed by atoms with Crippen LogP contribution in [-0.2, 0) is 11.8 Å². The van der Waals surface area contributed by atoms with E-state index >= 15 is 0 Å². The van der Waals surface area contributed by atoms with Crippen LogP contribution in [0, 0.1) is 0 Å². The van der Waals surface area contributed by atoms with Gasteiger partial charge in [-0.15, -0.1) is 0 Å². The van der Waals surface area contributed by atoms with Crippen LogP contribution in [0.3, 0.4) is 0 Å². The maximum Gasteiger partial charge on any atom is 0.328 e. The minimum atomic E-state index is -1.06. The van der Waals surface area contributed by atoms with Crippen molar-refractivity contribution in [3.05, 3.63) is 23.5 Å². The summed E-state index contributed by atoms with van der Waals surface area (Å²) in [6.45, 7) is 0. The Labute approximate surface area is 74.3 Å². The second-order valence-corrected chi connectivity index (χ2v) is 2.40. The van der Waals surface area contributed by atoms with Crippen molar-refractivity contribution in [2.45, 2.75) is 0 Å². The molecular formula is C8H8N2O3. The molecule has 0 aliphatic rings. The summed E-state index contributed by atoms with van der Waals surface area (Å²) in [5.41, 5.74) is 0.859. The van der Waals surface area contributed by atoms with Crippen LogP contribution in [0.4, 0.5) is 0 Å². The molecule has 13 heavy (non-hydrogen) atoms. The maximum absolute atomic E-state index is 10.5. The number of aliphatic carboxylic acids is 1. The predicted molar refractivity (Wildman–Crippen MR) is 45.3 cm³/mol. The first-order valence-corrected chi connectivity index (χ1v) is 3.53. The summed E-state index contributed by atoms with van der Waals surface area (Å²) in [6.07, 6.45) is 4.31. The van der Waals surface area contributed by atoms with Gasteiger partial charge in [-0.2, -0.15) is 5.10 Å². The van der Waals surface area contributed by atoms with E-state index in [9.17, 15) is 9.59 Å². The summed E-state index contributed by atoms with van der Waals surface area (Å²) >= 11 is 0. The van der Waals surface area contributed by atoms with E-state index in [0.29, 0.717) is 17.5 Å². The van der Waals surface area contributed by atoms with Gasteiger partial charge in [0.2, 0.25) is 0 Å². The number of carbonyl (C=O) groups excluding carboxylic acids is 1. The first kappa shape index (κ1) is 9.18. The van der Waals surface area contributed by atoms with E-state index in [1.54, 1.807) is 7.05 Å². The number of carboxylic acids is 1. The molecule has 0 saturated carbocycles. The number of rotatable bonds is 3. The molecule has 1 aromatic rings. The normalized spacial score (nSPS) is 10.5. The molecule has 68 valence electrons. The highest BCUT2D eigenvalue weighted by Gasteiger charge is 2.03. The molecular weight excluding hydrogens is 172 g/mol. The van der Waals surface area contributed by atoms with Gasteiger partial charge in [-0.1, -0.05) is 0 Å². The van der Waals surface area contributed by atoms with Gasteiger partial charge in [-0.25, -0.2) is 4.79 Å². The van der Waals surface area contributed by atoms with Crippen LogP contribution in [0.1, 0.15) is 16.1 Å². The lowest BCUT2D eigenvalue weighted by Gasteiger charge is -1.93. The fraction of sp³-hybridized carbons (Fsp3) is 0.125. The lowest BCUT2D eigenvalue weighted by molar-refractivity contribution is -0.131. The molecule has 0 aliphatic carbocycles. The first-order valence-electron chi connectivity index (χ1n) is 3.53. The Kier molecular flexibility index (Phi) is 2.59. The number of nitrogens with zero attached hydrogens (tertiary/aromatic N) is 2. The lowest BCUT2D eigenvalue weighted by Crippen LogP contribution is -1.95. The molecule has 0 spiro atoms. The van der Waals surface area contributed by atoms with Crippen LogP contribution < -0.4 is 0 Å². The van der Waals surface area contributed by atoms with Gasteiger partial charge in [0.15, 0.2) is 6.29 Å².